The van der Waals surface area contributed by atoms with E-state index in [1.54, 1.807) is 24.6 Å². The number of furan rings is 1. The molecule has 0 atom stereocenters. The smallest absolute Gasteiger partial charge is 0.239 e. The predicted octanol–water partition coefficient (Wildman–Crippen LogP) is 3.22. The van der Waals surface area contributed by atoms with Crippen LogP contribution in [0.25, 0.3) is 0 Å². The molecule has 0 saturated carbocycles. The molecule has 3 aromatic rings. The molecule has 0 aliphatic heterocycles. The summed E-state index contributed by atoms with van der Waals surface area (Å²) in [6.45, 7) is 0.637. The fourth-order valence-electron chi connectivity index (χ4n) is 2.26. The van der Waals surface area contributed by atoms with E-state index >= 15 is 0 Å². The molecule has 0 unspecified atom stereocenters. The Bertz CT molecular complexity index is 787. The highest BCUT2D eigenvalue weighted by Crippen LogP contribution is 2.22. The van der Waals surface area contributed by atoms with Crippen LogP contribution in [0, 0.1) is 0 Å². The number of nitrogens with zero attached hydrogens (tertiary/aromatic N) is 2. The minimum absolute atomic E-state index is 0.0762. The van der Waals surface area contributed by atoms with E-state index in [0.717, 1.165) is 11.4 Å². The fraction of sp³-hybridized carbons (Fsp3) is 0.158. The first-order valence-electron chi connectivity index (χ1n) is 7.90. The molecule has 3 rings (SSSR count). The number of benzene rings is 1. The molecule has 0 radical (unpaired) electrons. The largest absolute Gasteiger partial charge is 0.467 e. The zero-order chi connectivity index (χ0) is 17.5. The van der Waals surface area contributed by atoms with Gasteiger partial charge in [-0.15, -0.1) is 0 Å². The number of anilines is 1. The molecule has 0 fully saturated rings. The molecule has 25 heavy (non-hydrogen) atoms. The van der Waals surface area contributed by atoms with Gasteiger partial charge in [0.1, 0.15) is 11.5 Å². The van der Waals surface area contributed by atoms with Crippen LogP contribution >= 0.6 is 0 Å². The third kappa shape index (κ3) is 4.84. The molecule has 1 N–H and O–H groups in total. The van der Waals surface area contributed by atoms with Crippen molar-refractivity contribution in [2.45, 2.75) is 6.54 Å². The quantitative estimate of drug-likeness (QED) is 0.717. The van der Waals surface area contributed by atoms with Crippen molar-refractivity contribution >= 4 is 11.6 Å². The lowest BCUT2D eigenvalue weighted by molar-refractivity contribution is -0.119. The summed E-state index contributed by atoms with van der Waals surface area (Å²) < 4.78 is 10.8. The van der Waals surface area contributed by atoms with Gasteiger partial charge in [-0.3, -0.25) is 4.79 Å². The van der Waals surface area contributed by atoms with Crippen LogP contribution in [-0.4, -0.2) is 24.5 Å². The minimum Gasteiger partial charge on any atom is -0.467 e. The van der Waals surface area contributed by atoms with Crippen molar-refractivity contribution in [3.05, 3.63) is 72.8 Å². The summed E-state index contributed by atoms with van der Waals surface area (Å²) in [7, 11) is 1.86. The number of hydrogen-bond acceptors (Lipinski definition) is 5. The second-order valence-electron chi connectivity index (χ2n) is 5.48. The molecule has 0 spiro atoms. The summed E-state index contributed by atoms with van der Waals surface area (Å²) in [5, 5.41) is 2.82. The standard InChI is InChI=1S/C19H19N3O3/c1-22(14-18(23)21-13-17-5-4-12-24-17)15-7-9-16(10-8-15)25-19-6-2-3-11-20-19/h2-12H,13-14H2,1H3,(H,21,23). The highest BCUT2D eigenvalue weighted by molar-refractivity contribution is 5.81. The summed E-state index contributed by atoms with van der Waals surface area (Å²) in [6, 6.07) is 16.6. The van der Waals surface area contributed by atoms with Crippen LogP contribution in [0.3, 0.4) is 0 Å². The second-order valence-corrected chi connectivity index (χ2v) is 5.48. The number of ether oxygens (including phenoxy) is 1. The number of likely N-dealkylation sites (N-methyl/N-ethyl adjacent to an activating group) is 1. The molecule has 0 aliphatic carbocycles. The Labute approximate surface area is 146 Å². The van der Waals surface area contributed by atoms with Gasteiger partial charge in [-0.1, -0.05) is 6.07 Å². The lowest BCUT2D eigenvalue weighted by Gasteiger charge is -2.19. The molecule has 0 bridgehead atoms. The fourth-order valence-corrected chi connectivity index (χ4v) is 2.26. The Morgan fingerprint density at radius 1 is 1.16 bits per heavy atom. The van der Waals surface area contributed by atoms with Crippen LogP contribution in [-0.2, 0) is 11.3 Å². The number of pyridine rings is 1. The summed E-state index contributed by atoms with van der Waals surface area (Å²) in [5.41, 5.74) is 0.918. The molecule has 6 heteroatoms. The molecule has 1 amide bonds. The van der Waals surface area contributed by atoms with Crippen LogP contribution < -0.4 is 15.0 Å². The monoisotopic (exact) mass is 337 g/mol. The molecular weight excluding hydrogens is 318 g/mol. The van der Waals surface area contributed by atoms with Gasteiger partial charge in [0.15, 0.2) is 0 Å². The maximum atomic E-state index is 12.0. The molecule has 2 aromatic heterocycles. The van der Waals surface area contributed by atoms with Gasteiger partial charge in [-0.2, -0.15) is 0 Å². The Balaban J connectivity index is 1.51. The first kappa shape index (κ1) is 16.6. The number of nitrogens with one attached hydrogen (secondary N) is 1. The van der Waals surface area contributed by atoms with Crippen molar-refractivity contribution < 1.29 is 13.9 Å². The number of amides is 1. The van der Waals surface area contributed by atoms with Crippen LogP contribution in [0.1, 0.15) is 5.76 Å². The zero-order valence-electron chi connectivity index (χ0n) is 13.9. The van der Waals surface area contributed by atoms with Crippen LogP contribution in [0.4, 0.5) is 5.69 Å². The summed E-state index contributed by atoms with van der Waals surface area (Å²) in [6.07, 6.45) is 3.26. The van der Waals surface area contributed by atoms with Crippen molar-refractivity contribution in [1.82, 2.24) is 10.3 Å². The van der Waals surface area contributed by atoms with Crippen LogP contribution in [0.15, 0.2) is 71.5 Å². The van der Waals surface area contributed by atoms with E-state index in [1.165, 1.54) is 0 Å². The van der Waals surface area contributed by atoms with Gasteiger partial charge >= 0.3 is 0 Å². The lowest BCUT2D eigenvalue weighted by Crippen LogP contribution is -2.34. The van der Waals surface area contributed by atoms with Crippen molar-refractivity contribution in [2.75, 3.05) is 18.5 Å². The van der Waals surface area contributed by atoms with Crippen LogP contribution in [0.5, 0.6) is 11.6 Å². The minimum atomic E-state index is -0.0762. The van der Waals surface area contributed by atoms with E-state index in [-0.39, 0.29) is 12.5 Å². The Morgan fingerprint density at radius 2 is 2.00 bits per heavy atom. The van der Waals surface area contributed by atoms with Gasteiger partial charge < -0.3 is 19.4 Å². The zero-order valence-corrected chi connectivity index (χ0v) is 13.9. The molecule has 0 aliphatic rings. The van der Waals surface area contributed by atoms with Gasteiger partial charge in [-0.25, -0.2) is 4.98 Å². The summed E-state index contributed by atoms with van der Waals surface area (Å²) >= 11 is 0. The summed E-state index contributed by atoms with van der Waals surface area (Å²) in [4.78, 5) is 18.0. The molecule has 0 saturated heterocycles. The lowest BCUT2D eigenvalue weighted by atomic mass is 10.3. The number of carbonyl (C=O) groups excluding carboxylic acids is 1. The maximum Gasteiger partial charge on any atom is 0.239 e. The summed E-state index contributed by atoms with van der Waals surface area (Å²) in [5.74, 6) is 1.89. The molecular formula is C19H19N3O3. The van der Waals surface area contributed by atoms with Crippen molar-refractivity contribution in [3.63, 3.8) is 0 Å². The Kier molecular flexibility index (Phi) is 5.31. The molecule has 1 aromatic carbocycles. The SMILES string of the molecule is CN(CC(=O)NCc1ccco1)c1ccc(Oc2ccccn2)cc1. The molecule has 2 heterocycles. The highest BCUT2D eigenvalue weighted by atomic mass is 16.5. The van der Waals surface area contributed by atoms with Crippen molar-refractivity contribution in [2.24, 2.45) is 0 Å². The van der Waals surface area contributed by atoms with E-state index in [4.69, 9.17) is 9.15 Å². The third-order valence-electron chi connectivity index (χ3n) is 3.56. The van der Waals surface area contributed by atoms with Gasteiger partial charge in [0.2, 0.25) is 11.8 Å². The molecule has 128 valence electrons. The third-order valence-corrected chi connectivity index (χ3v) is 3.56. The van der Waals surface area contributed by atoms with Gasteiger partial charge in [0, 0.05) is 25.0 Å². The predicted molar refractivity (Wildman–Crippen MR) is 94.6 cm³/mol. The molecule has 6 nitrogen and oxygen atoms in total. The topological polar surface area (TPSA) is 67.6 Å². The van der Waals surface area contributed by atoms with E-state index in [2.05, 4.69) is 10.3 Å². The second kappa shape index (κ2) is 8.01. The number of aromatic nitrogens is 1. The van der Waals surface area contributed by atoms with E-state index in [0.29, 0.717) is 18.2 Å². The maximum absolute atomic E-state index is 12.0. The highest BCUT2D eigenvalue weighted by Gasteiger charge is 2.08. The average Bonchev–Trinajstić information content (AvgIpc) is 3.15. The van der Waals surface area contributed by atoms with Gasteiger partial charge in [-0.05, 0) is 42.5 Å². The number of rotatable bonds is 7. The van der Waals surface area contributed by atoms with Crippen molar-refractivity contribution in [1.29, 1.82) is 0 Å². The van der Waals surface area contributed by atoms with Crippen LogP contribution in [0.2, 0.25) is 0 Å². The average molecular weight is 337 g/mol. The number of hydrogen-bond donors (Lipinski definition) is 1. The Morgan fingerprint density at radius 3 is 2.68 bits per heavy atom. The van der Waals surface area contributed by atoms with Gasteiger partial charge in [0.05, 0.1) is 19.4 Å². The Hall–Kier alpha value is -3.28. The first-order chi connectivity index (χ1) is 12.2. The van der Waals surface area contributed by atoms with E-state index < -0.39 is 0 Å². The number of carbonyl (C=O) groups is 1. The van der Waals surface area contributed by atoms with Crippen molar-refractivity contribution in [3.8, 4) is 11.6 Å². The van der Waals surface area contributed by atoms with E-state index in [9.17, 15) is 4.79 Å². The van der Waals surface area contributed by atoms with Gasteiger partial charge in [0.25, 0.3) is 0 Å². The van der Waals surface area contributed by atoms with E-state index in [1.807, 2.05) is 54.4 Å². The first-order valence-corrected chi connectivity index (χ1v) is 7.90. The normalized spacial score (nSPS) is 10.3.